The molecule has 0 fully saturated rings. The quantitative estimate of drug-likeness (QED) is 0.402. The zero-order chi connectivity index (χ0) is 14.7. The molecular weight excluding hydrogens is 256 g/mol. The molecule has 4 heteroatoms. The number of hydrogen-bond donors (Lipinski definition) is 1. The Kier molecular flexibility index (Phi) is 4.05. The highest BCUT2D eigenvalue weighted by Gasteiger charge is 2.08. The second-order valence-corrected chi connectivity index (χ2v) is 4.53. The number of fused-ring (bicyclic) bond motifs is 1. The minimum Gasteiger partial charge on any atom is -0.465 e. The van der Waals surface area contributed by atoms with Crippen molar-refractivity contribution in [3.63, 3.8) is 0 Å². The number of carbonyl (C=O) groups is 1. The summed E-state index contributed by atoms with van der Waals surface area (Å²) in [6, 6.07) is 10.7. The van der Waals surface area contributed by atoms with E-state index in [0.717, 1.165) is 10.8 Å². The third kappa shape index (κ3) is 3.16. The first-order chi connectivity index (χ1) is 9.47. The third-order valence-electron chi connectivity index (χ3n) is 2.67. The smallest absolute Gasteiger partial charge is 0.338 e. The number of ether oxygens (including phenoxy) is 2. The molecule has 1 unspecified atom stereocenters. The molecule has 4 nitrogen and oxygen atoms in total. The Morgan fingerprint density at radius 1 is 1.30 bits per heavy atom. The fourth-order valence-corrected chi connectivity index (χ4v) is 1.78. The summed E-state index contributed by atoms with van der Waals surface area (Å²) in [6.45, 7) is 6.68. The Morgan fingerprint density at radius 3 is 2.70 bits per heavy atom. The molecule has 20 heavy (non-hydrogen) atoms. The van der Waals surface area contributed by atoms with Crippen LogP contribution in [-0.4, -0.2) is 17.4 Å². The maximum absolute atomic E-state index is 11.5. The van der Waals surface area contributed by atoms with Crippen LogP contribution in [0.15, 0.2) is 48.6 Å². The summed E-state index contributed by atoms with van der Waals surface area (Å²) in [7, 11) is 0. The van der Waals surface area contributed by atoms with Crippen LogP contribution in [0.2, 0.25) is 0 Å². The predicted octanol–water partition coefficient (Wildman–Crippen LogP) is 3.04. The maximum Gasteiger partial charge on any atom is 0.338 e. The molecule has 2 aromatic rings. The van der Waals surface area contributed by atoms with Crippen LogP contribution >= 0.6 is 0 Å². The van der Waals surface area contributed by atoms with Crippen molar-refractivity contribution in [2.75, 3.05) is 0 Å². The monoisotopic (exact) mass is 272 g/mol. The number of carbonyl (C=O) groups excluding carboxylic acids is 1. The standard InChI is InChI=1S/C16H16O4/c1-10(2)16(18)20-13-7-8-14-12(9-13)5-4-6-15(14)19-11(3)17/h4-9,11,17H,1H2,2-3H3. The van der Waals surface area contributed by atoms with E-state index in [1.54, 1.807) is 38.1 Å². The van der Waals surface area contributed by atoms with E-state index < -0.39 is 12.3 Å². The van der Waals surface area contributed by atoms with Gasteiger partial charge in [-0.15, -0.1) is 0 Å². The largest absolute Gasteiger partial charge is 0.465 e. The second-order valence-electron chi connectivity index (χ2n) is 4.53. The van der Waals surface area contributed by atoms with Crippen LogP contribution in [0.5, 0.6) is 11.5 Å². The Morgan fingerprint density at radius 2 is 2.05 bits per heavy atom. The summed E-state index contributed by atoms with van der Waals surface area (Å²) in [5.41, 5.74) is 0.344. The summed E-state index contributed by atoms with van der Waals surface area (Å²) >= 11 is 0. The molecule has 0 amide bonds. The number of aliphatic hydroxyl groups is 1. The number of hydrogen-bond acceptors (Lipinski definition) is 4. The molecule has 0 spiro atoms. The Bertz CT molecular complexity index is 659. The lowest BCUT2D eigenvalue weighted by atomic mass is 10.1. The van der Waals surface area contributed by atoms with Gasteiger partial charge in [0, 0.05) is 11.0 Å². The van der Waals surface area contributed by atoms with Gasteiger partial charge in [0.05, 0.1) is 0 Å². The van der Waals surface area contributed by atoms with Crippen molar-refractivity contribution in [1.82, 2.24) is 0 Å². The van der Waals surface area contributed by atoms with Crippen molar-refractivity contribution < 1.29 is 19.4 Å². The van der Waals surface area contributed by atoms with Gasteiger partial charge in [-0.25, -0.2) is 4.79 Å². The fraction of sp³-hybridized carbons (Fsp3) is 0.188. The molecule has 0 radical (unpaired) electrons. The Balaban J connectivity index is 2.35. The van der Waals surface area contributed by atoms with Crippen LogP contribution in [0.4, 0.5) is 0 Å². The van der Waals surface area contributed by atoms with Crippen molar-refractivity contribution in [1.29, 1.82) is 0 Å². The van der Waals surface area contributed by atoms with E-state index in [1.165, 1.54) is 0 Å². The third-order valence-corrected chi connectivity index (χ3v) is 2.67. The molecule has 0 bridgehead atoms. The van der Waals surface area contributed by atoms with Crippen LogP contribution in [0.1, 0.15) is 13.8 Å². The molecule has 0 aliphatic rings. The minimum absolute atomic E-state index is 0.344. The number of benzene rings is 2. The first kappa shape index (κ1) is 14.1. The zero-order valence-corrected chi connectivity index (χ0v) is 11.4. The van der Waals surface area contributed by atoms with E-state index in [1.807, 2.05) is 12.1 Å². The van der Waals surface area contributed by atoms with E-state index in [4.69, 9.17) is 9.47 Å². The Hall–Kier alpha value is -2.33. The minimum atomic E-state index is -0.887. The molecule has 0 aliphatic heterocycles. The van der Waals surface area contributed by atoms with E-state index >= 15 is 0 Å². The van der Waals surface area contributed by atoms with Crippen LogP contribution in [0.25, 0.3) is 10.8 Å². The normalized spacial score (nSPS) is 11.9. The van der Waals surface area contributed by atoms with Gasteiger partial charge in [0.1, 0.15) is 11.5 Å². The molecule has 0 aromatic heterocycles. The highest BCUT2D eigenvalue weighted by molar-refractivity contribution is 5.92. The van der Waals surface area contributed by atoms with Gasteiger partial charge in [0.15, 0.2) is 6.29 Å². The molecule has 104 valence electrons. The van der Waals surface area contributed by atoms with Crippen molar-refractivity contribution in [2.45, 2.75) is 20.1 Å². The van der Waals surface area contributed by atoms with Crippen LogP contribution in [-0.2, 0) is 4.79 Å². The molecular formula is C16H16O4. The van der Waals surface area contributed by atoms with Crippen LogP contribution in [0, 0.1) is 0 Å². The first-order valence-electron chi connectivity index (χ1n) is 6.22. The summed E-state index contributed by atoms with van der Waals surface area (Å²) in [5.74, 6) is 0.565. The van der Waals surface area contributed by atoms with Crippen LogP contribution < -0.4 is 9.47 Å². The van der Waals surface area contributed by atoms with Gasteiger partial charge in [-0.1, -0.05) is 18.7 Å². The molecule has 0 aliphatic carbocycles. The van der Waals surface area contributed by atoms with Crippen molar-refractivity contribution >= 4 is 16.7 Å². The summed E-state index contributed by atoms with van der Waals surface area (Å²) in [4.78, 5) is 11.5. The fourth-order valence-electron chi connectivity index (χ4n) is 1.78. The van der Waals surface area contributed by atoms with Crippen molar-refractivity contribution in [2.24, 2.45) is 0 Å². The van der Waals surface area contributed by atoms with Gasteiger partial charge < -0.3 is 14.6 Å². The molecule has 2 rings (SSSR count). The maximum atomic E-state index is 11.5. The van der Waals surface area contributed by atoms with E-state index in [0.29, 0.717) is 17.1 Å². The van der Waals surface area contributed by atoms with Gasteiger partial charge in [0.2, 0.25) is 0 Å². The highest BCUT2D eigenvalue weighted by atomic mass is 16.6. The predicted molar refractivity (Wildman–Crippen MR) is 76.7 cm³/mol. The number of rotatable bonds is 4. The lowest BCUT2D eigenvalue weighted by Gasteiger charge is -2.12. The lowest BCUT2D eigenvalue weighted by Crippen LogP contribution is -2.10. The molecule has 1 atom stereocenters. The van der Waals surface area contributed by atoms with Gasteiger partial charge >= 0.3 is 5.97 Å². The van der Waals surface area contributed by atoms with Crippen molar-refractivity contribution in [3.05, 3.63) is 48.6 Å². The molecule has 1 N–H and O–H groups in total. The molecule has 0 saturated carbocycles. The average molecular weight is 272 g/mol. The zero-order valence-electron chi connectivity index (χ0n) is 11.4. The molecule has 0 saturated heterocycles. The summed E-state index contributed by atoms with van der Waals surface area (Å²) < 4.78 is 10.5. The van der Waals surface area contributed by atoms with Gasteiger partial charge in [-0.2, -0.15) is 0 Å². The lowest BCUT2D eigenvalue weighted by molar-refractivity contribution is -0.130. The molecule has 2 aromatic carbocycles. The number of aliphatic hydroxyl groups excluding tert-OH is 1. The van der Waals surface area contributed by atoms with Crippen LogP contribution in [0.3, 0.4) is 0 Å². The van der Waals surface area contributed by atoms with Gasteiger partial charge in [0.25, 0.3) is 0 Å². The highest BCUT2D eigenvalue weighted by Crippen LogP contribution is 2.29. The molecule has 0 heterocycles. The topological polar surface area (TPSA) is 55.8 Å². The van der Waals surface area contributed by atoms with E-state index in [-0.39, 0.29) is 0 Å². The van der Waals surface area contributed by atoms with E-state index in [9.17, 15) is 9.90 Å². The summed E-state index contributed by atoms with van der Waals surface area (Å²) in [5, 5.41) is 11.0. The van der Waals surface area contributed by atoms with Gasteiger partial charge in [-0.3, -0.25) is 0 Å². The SMILES string of the molecule is C=C(C)C(=O)Oc1ccc2c(OC(C)O)cccc2c1. The van der Waals surface area contributed by atoms with Gasteiger partial charge in [-0.05, 0) is 43.5 Å². The van der Waals surface area contributed by atoms with E-state index in [2.05, 4.69) is 6.58 Å². The second kappa shape index (κ2) is 5.75. The average Bonchev–Trinajstić information content (AvgIpc) is 2.38. The van der Waals surface area contributed by atoms with Crippen molar-refractivity contribution in [3.8, 4) is 11.5 Å². The first-order valence-corrected chi connectivity index (χ1v) is 6.22. The summed E-state index contributed by atoms with van der Waals surface area (Å²) in [6.07, 6.45) is -0.887. The number of esters is 1. The Labute approximate surface area is 117 Å².